The SMILES string of the molecule is COc1ccc(CN(Cc2ccc(OC)cc2)S(=O)(=O)c2c(S(=O)(=O)NCCNC(=O)OC(C)(C)C)ccc(-c3cccc4sc(Br)nc34)c2-c2nnn(Cc3ccc(OC)cc3)n2)cc1. The lowest BCUT2D eigenvalue weighted by atomic mass is 9.98. The Hall–Kier alpha value is -5.97. The molecule has 346 valence electrons. The molecule has 0 saturated heterocycles. The summed E-state index contributed by atoms with van der Waals surface area (Å²) in [5.41, 5.74) is 2.33. The Kier molecular flexibility index (Phi) is 14.7. The van der Waals surface area contributed by atoms with E-state index in [1.54, 1.807) is 101 Å². The van der Waals surface area contributed by atoms with Crippen LogP contribution >= 0.6 is 27.3 Å². The van der Waals surface area contributed by atoms with Gasteiger partial charge >= 0.3 is 6.09 Å². The van der Waals surface area contributed by atoms with E-state index in [9.17, 15) is 13.2 Å². The number of methoxy groups -OCH3 is 3. The lowest BCUT2D eigenvalue weighted by molar-refractivity contribution is 0.0528. The summed E-state index contributed by atoms with van der Waals surface area (Å²) in [4.78, 5) is 17.3. The second-order valence-corrected chi connectivity index (χ2v) is 21.6. The highest BCUT2D eigenvalue weighted by Gasteiger charge is 2.38. The number of fused-ring (bicyclic) bond motifs is 1. The molecular formula is C45H47BrN8O9S3. The number of ether oxygens (including phenoxy) is 4. The number of carbonyl (C=O) groups excluding carboxylic acids is 1. The van der Waals surface area contributed by atoms with Gasteiger partial charge in [-0.15, -0.1) is 21.5 Å². The van der Waals surface area contributed by atoms with Gasteiger partial charge in [0.2, 0.25) is 25.9 Å². The number of tetrazole rings is 1. The molecule has 5 aromatic carbocycles. The highest BCUT2D eigenvalue weighted by molar-refractivity contribution is 9.11. The van der Waals surface area contributed by atoms with E-state index in [0.29, 0.717) is 43.4 Å². The number of carbonyl (C=O) groups is 1. The van der Waals surface area contributed by atoms with Crippen molar-refractivity contribution in [1.29, 1.82) is 0 Å². The van der Waals surface area contributed by atoms with E-state index >= 15 is 8.42 Å². The van der Waals surface area contributed by atoms with Crippen LogP contribution < -0.4 is 24.2 Å². The molecule has 2 N–H and O–H groups in total. The number of nitrogens with one attached hydrogen (secondary N) is 2. The van der Waals surface area contributed by atoms with Crippen molar-refractivity contribution in [2.45, 2.75) is 55.8 Å². The van der Waals surface area contributed by atoms with E-state index < -0.39 is 41.5 Å². The van der Waals surface area contributed by atoms with Gasteiger partial charge < -0.3 is 24.3 Å². The minimum atomic E-state index is -4.92. The third kappa shape index (κ3) is 11.3. The van der Waals surface area contributed by atoms with Crippen LogP contribution in [0.15, 0.2) is 117 Å². The lowest BCUT2D eigenvalue weighted by Gasteiger charge is -2.26. The van der Waals surface area contributed by atoms with Crippen LogP contribution in [-0.2, 0) is 44.4 Å². The van der Waals surface area contributed by atoms with Gasteiger partial charge in [0, 0.05) is 31.7 Å². The third-order valence-electron chi connectivity index (χ3n) is 9.97. The monoisotopic (exact) mass is 1020 g/mol. The van der Waals surface area contributed by atoms with Crippen molar-refractivity contribution in [3.05, 3.63) is 124 Å². The molecule has 0 aliphatic heterocycles. The van der Waals surface area contributed by atoms with E-state index in [1.807, 2.05) is 18.2 Å². The van der Waals surface area contributed by atoms with Gasteiger partial charge in [-0.25, -0.2) is 31.3 Å². The first-order chi connectivity index (χ1) is 31.5. The average Bonchev–Trinajstić information content (AvgIpc) is 3.93. The van der Waals surface area contributed by atoms with Crippen molar-refractivity contribution in [3.63, 3.8) is 0 Å². The largest absolute Gasteiger partial charge is 0.497 e. The zero-order valence-electron chi connectivity index (χ0n) is 36.8. The summed E-state index contributed by atoms with van der Waals surface area (Å²) in [6.07, 6.45) is -0.754. The number of thiazole rings is 1. The molecule has 7 rings (SSSR count). The maximum absolute atomic E-state index is 16.0. The molecule has 2 heterocycles. The molecule has 0 saturated carbocycles. The second-order valence-electron chi connectivity index (χ2n) is 15.7. The Morgan fingerprint density at radius 3 is 1.89 bits per heavy atom. The average molecular weight is 1020 g/mol. The standard InChI is InChI=1S/C45H47BrN8O9S3/c1-45(2,3)63-44(55)47-24-25-48-65(56,57)38-23-22-35(36-8-7-9-37-40(36)49-43(46)64-37)39(42-50-52-54(51-42)28-31-14-20-34(62-6)21-15-31)41(38)66(58,59)53(26-29-10-16-32(60-4)17-11-29)27-30-12-18-33(61-5)19-13-30/h7-23,48H,24-28H2,1-6H3,(H,47,55). The summed E-state index contributed by atoms with van der Waals surface area (Å²) in [5.74, 6) is 1.60. The summed E-state index contributed by atoms with van der Waals surface area (Å²) in [5, 5.41) is 16.0. The Labute approximate surface area is 395 Å². The molecule has 66 heavy (non-hydrogen) atoms. The Balaban J connectivity index is 1.45. The van der Waals surface area contributed by atoms with Crippen LogP contribution in [-0.4, -0.2) is 92.4 Å². The van der Waals surface area contributed by atoms with Crippen LogP contribution in [0, 0.1) is 0 Å². The summed E-state index contributed by atoms with van der Waals surface area (Å²) in [6, 6.07) is 29.2. The van der Waals surface area contributed by atoms with Crippen LogP contribution in [0.25, 0.3) is 32.7 Å². The molecule has 21 heteroatoms. The maximum atomic E-state index is 16.0. The minimum absolute atomic E-state index is 0.128. The van der Waals surface area contributed by atoms with E-state index in [4.69, 9.17) is 29.0 Å². The molecule has 0 atom stereocenters. The number of para-hydroxylation sites is 1. The molecule has 0 aliphatic carbocycles. The first-order valence-electron chi connectivity index (χ1n) is 20.3. The molecule has 17 nitrogen and oxygen atoms in total. The van der Waals surface area contributed by atoms with Crippen LogP contribution in [0.4, 0.5) is 4.79 Å². The van der Waals surface area contributed by atoms with Crippen LogP contribution in [0.2, 0.25) is 0 Å². The molecule has 0 aliphatic rings. The van der Waals surface area contributed by atoms with Crippen molar-refractivity contribution in [1.82, 2.24) is 39.5 Å². The first-order valence-corrected chi connectivity index (χ1v) is 24.9. The van der Waals surface area contributed by atoms with Gasteiger partial charge in [-0.05, 0) is 113 Å². The molecule has 1 amide bonds. The number of benzene rings is 5. The Bertz CT molecular complexity index is 3000. The number of alkyl carbamates (subject to hydrolysis) is 1. The van der Waals surface area contributed by atoms with E-state index in [2.05, 4.69) is 36.3 Å². The van der Waals surface area contributed by atoms with Crippen LogP contribution in [0.5, 0.6) is 17.2 Å². The molecule has 2 aromatic heterocycles. The van der Waals surface area contributed by atoms with Crippen LogP contribution in [0.1, 0.15) is 37.5 Å². The molecule has 0 bridgehead atoms. The zero-order chi connectivity index (χ0) is 47.2. The summed E-state index contributed by atoms with van der Waals surface area (Å²) < 4.78 is 87.9. The van der Waals surface area contributed by atoms with Crippen molar-refractivity contribution in [2.24, 2.45) is 0 Å². The van der Waals surface area contributed by atoms with E-state index in [0.717, 1.165) is 10.3 Å². The topological polar surface area (TPSA) is 206 Å². The van der Waals surface area contributed by atoms with Crippen molar-refractivity contribution >= 4 is 63.6 Å². The molecular weight excluding hydrogens is 973 g/mol. The Morgan fingerprint density at radius 1 is 0.758 bits per heavy atom. The fourth-order valence-electron chi connectivity index (χ4n) is 6.89. The van der Waals surface area contributed by atoms with Gasteiger partial charge in [-0.1, -0.05) is 54.6 Å². The number of rotatable bonds is 18. The highest BCUT2D eigenvalue weighted by atomic mass is 79.9. The molecule has 0 fully saturated rings. The molecule has 0 unspecified atom stereocenters. The van der Waals surface area contributed by atoms with Crippen molar-refractivity contribution in [3.8, 4) is 39.8 Å². The Morgan fingerprint density at radius 2 is 1.33 bits per heavy atom. The van der Waals surface area contributed by atoms with Crippen molar-refractivity contribution < 1.29 is 40.6 Å². The summed E-state index contributed by atoms with van der Waals surface area (Å²) in [6.45, 7) is 4.35. The van der Waals surface area contributed by atoms with Gasteiger partial charge in [0.1, 0.15) is 32.6 Å². The number of hydrogen-bond donors (Lipinski definition) is 2. The summed E-state index contributed by atoms with van der Waals surface area (Å²) in [7, 11) is -5.02. The number of nitrogens with zero attached hydrogens (tertiary/aromatic N) is 6. The predicted octanol–water partition coefficient (Wildman–Crippen LogP) is 7.65. The predicted molar refractivity (Wildman–Crippen MR) is 254 cm³/mol. The third-order valence-corrected chi connectivity index (χ3v) is 15.0. The van der Waals surface area contributed by atoms with Gasteiger partial charge in [-0.3, -0.25) is 0 Å². The molecule has 0 radical (unpaired) electrons. The van der Waals surface area contributed by atoms with Crippen LogP contribution in [0.3, 0.4) is 0 Å². The smallest absolute Gasteiger partial charge is 0.407 e. The number of hydrogen-bond acceptors (Lipinski definition) is 14. The fourth-order valence-corrected chi connectivity index (χ4v) is 11.7. The van der Waals surface area contributed by atoms with Gasteiger partial charge in [0.15, 0.2) is 3.92 Å². The lowest BCUT2D eigenvalue weighted by Crippen LogP contribution is -2.38. The zero-order valence-corrected chi connectivity index (χ0v) is 40.8. The number of amides is 1. The highest BCUT2D eigenvalue weighted by Crippen LogP contribution is 2.44. The van der Waals surface area contributed by atoms with Gasteiger partial charge in [0.25, 0.3) is 0 Å². The second kappa shape index (κ2) is 20.3. The fraction of sp³-hybridized carbons (Fsp3) is 0.267. The maximum Gasteiger partial charge on any atom is 0.407 e. The number of sulfonamides is 2. The molecule has 7 aromatic rings. The number of aromatic nitrogens is 5. The minimum Gasteiger partial charge on any atom is -0.497 e. The van der Waals surface area contributed by atoms with Gasteiger partial charge in [0.05, 0.1) is 43.7 Å². The van der Waals surface area contributed by atoms with E-state index in [1.165, 1.54) is 46.8 Å². The van der Waals surface area contributed by atoms with Crippen molar-refractivity contribution in [2.75, 3.05) is 34.4 Å². The normalized spacial score (nSPS) is 12.1. The number of halogens is 1. The summed E-state index contributed by atoms with van der Waals surface area (Å²) >= 11 is 4.87. The quantitative estimate of drug-likeness (QED) is 0.0794. The van der Waals surface area contributed by atoms with Gasteiger partial charge in [-0.2, -0.15) is 9.10 Å². The first kappa shape index (κ1) is 48.0. The molecule has 0 spiro atoms. The van der Waals surface area contributed by atoms with E-state index in [-0.39, 0.29) is 49.7 Å².